The third-order valence-electron chi connectivity index (χ3n) is 3.62. The Hall–Kier alpha value is -2.92. The Morgan fingerprint density at radius 2 is 1.65 bits per heavy atom. The predicted octanol–water partition coefficient (Wildman–Crippen LogP) is 5.97. The van der Waals surface area contributed by atoms with E-state index < -0.39 is 23.1 Å². The first-order valence-electron chi connectivity index (χ1n) is 7.73. The van der Waals surface area contributed by atoms with Crippen LogP contribution in [0.3, 0.4) is 0 Å². The fourth-order valence-corrected chi connectivity index (χ4v) is 2.60. The first-order valence-corrected chi connectivity index (χ1v) is 8.11. The van der Waals surface area contributed by atoms with E-state index in [1.54, 1.807) is 36.4 Å². The molecular formula is C20H14ClF2NO2. The second-order valence-corrected chi connectivity index (χ2v) is 6.02. The van der Waals surface area contributed by atoms with E-state index in [-0.39, 0.29) is 0 Å². The summed E-state index contributed by atoms with van der Waals surface area (Å²) >= 11 is 6.12. The van der Waals surface area contributed by atoms with Gasteiger partial charge in [0.25, 0.3) is 5.91 Å². The van der Waals surface area contributed by atoms with E-state index in [4.69, 9.17) is 16.3 Å². The molecule has 0 fully saturated rings. The maximum absolute atomic E-state index is 13.6. The van der Waals surface area contributed by atoms with E-state index in [2.05, 4.69) is 5.32 Å². The molecule has 6 heteroatoms. The van der Waals surface area contributed by atoms with Crippen molar-refractivity contribution in [3.63, 3.8) is 0 Å². The lowest BCUT2D eigenvalue weighted by molar-refractivity contribution is 0.101. The summed E-state index contributed by atoms with van der Waals surface area (Å²) in [5.41, 5.74) is 0.764. The first kappa shape index (κ1) is 17.9. The molecular weight excluding hydrogens is 360 g/mol. The largest absolute Gasteiger partial charge is 0.456 e. The fourth-order valence-electron chi connectivity index (χ4n) is 2.33. The standard InChI is InChI=1S/C20H14ClF2NO2/c1-12-5-10-18(15(21)11-12)26-14-8-6-13(7-9-14)24-20(25)19-16(22)3-2-4-17(19)23/h2-11H,1H3,(H,24,25). The molecule has 0 saturated heterocycles. The molecule has 132 valence electrons. The molecule has 3 rings (SSSR count). The Bertz CT molecular complexity index is 938. The molecule has 0 atom stereocenters. The molecule has 0 aromatic heterocycles. The molecule has 1 amide bonds. The van der Waals surface area contributed by atoms with Crippen molar-refractivity contribution in [3.8, 4) is 11.5 Å². The van der Waals surface area contributed by atoms with E-state index in [1.807, 2.05) is 13.0 Å². The van der Waals surface area contributed by atoms with Crippen molar-refractivity contribution in [2.75, 3.05) is 5.32 Å². The molecule has 0 bridgehead atoms. The molecule has 3 nitrogen and oxygen atoms in total. The van der Waals surface area contributed by atoms with Crippen molar-refractivity contribution in [2.24, 2.45) is 0 Å². The maximum atomic E-state index is 13.6. The first-order chi connectivity index (χ1) is 12.4. The number of amides is 1. The highest BCUT2D eigenvalue weighted by atomic mass is 35.5. The summed E-state index contributed by atoms with van der Waals surface area (Å²) in [6, 6.07) is 15.0. The highest BCUT2D eigenvalue weighted by Crippen LogP contribution is 2.30. The highest BCUT2D eigenvalue weighted by molar-refractivity contribution is 6.32. The number of carbonyl (C=O) groups excluding carboxylic acids is 1. The van der Waals surface area contributed by atoms with E-state index in [1.165, 1.54) is 6.07 Å². The van der Waals surface area contributed by atoms with E-state index >= 15 is 0 Å². The molecule has 0 aliphatic carbocycles. The van der Waals surface area contributed by atoms with Crippen molar-refractivity contribution < 1.29 is 18.3 Å². The van der Waals surface area contributed by atoms with Crippen LogP contribution in [0.2, 0.25) is 5.02 Å². The van der Waals surface area contributed by atoms with Crippen molar-refractivity contribution in [2.45, 2.75) is 6.92 Å². The van der Waals surface area contributed by atoms with Gasteiger partial charge in [0.05, 0.1) is 5.02 Å². The normalized spacial score (nSPS) is 10.5. The van der Waals surface area contributed by atoms with E-state index in [0.29, 0.717) is 22.2 Å². The van der Waals surface area contributed by atoms with Crippen LogP contribution in [0.25, 0.3) is 0 Å². The average Bonchev–Trinajstić information content (AvgIpc) is 2.59. The number of ether oxygens (including phenoxy) is 1. The van der Waals surface area contributed by atoms with Gasteiger partial charge in [-0.25, -0.2) is 8.78 Å². The van der Waals surface area contributed by atoms with Crippen LogP contribution in [0, 0.1) is 18.6 Å². The summed E-state index contributed by atoms with van der Waals surface area (Å²) in [6.45, 7) is 1.92. The number of carbonyl (C=O) groups is 1. The number of rotatable bonds is 4. The van der Waals surface area contributed by atoms with E-state index in [9.17, 15) is 13.6 Å². The molecule has 0 unspecified atom stereocenters. The van der Waals surface area contributed by atoms with Gasteiger partial charge < -0.3 is 10.1 Å². The fraction of sp³-hybridized carbons (Fsp3) is 0.0500. The SMILES string of the molecule is Cc1ccc(Oc2ccc(NC(=O)c3c(F)cccc3F)cc2)c(Cl)c1. The van der Waals surface area contributed by atoms with Crippen LogP contribution < -0.4 is 10.1 Å². The van der Waals surface area contributed by atoms with Crippen molar-refractivity contribution in [1.29, 1.82) is 0 Å². The predicted molar refractivity (Wildman–Crippen MR) is 97.0 cm³/mol. The second kappa shape index (κ2) is 7.54. The van der Waals surface area contributed by atoms with Gasteiger partial charge in [-0.3, -0.25) is 4.79 Å². The zero-order chi connectivity index (χ0) is 18.7. The third kappa shape index (κ3) is 4.00. The van der Waals surface area contributed by atoms with Gasteiger partial charge in [-0.2, -0.15) is 0 Å². The highest BCUT2D eigenvalue weighted by Gasteiger charge is 2.17. The van der Waals surface area contributed by atoms with Gasteiger partial charge >= 0.3 is 0 Å². The number of aryl methyl sites for hydroxylation is 1. The minimum Gasteiger partial charge on any atom is -0.456 e. The summed E-state index contributed by atoms with van der Waals surface area (Å²) in [5, 5.41) is 2.93. The van der Waals surface area contributed by atoms with Crippen molar-refractivity contribution in [3.05, 3.63) is 88.4 Å². The van der Waals surface area contributed by atoms with Crippen LogP contribution in [-0.4, -0.2) is 5.91 Å². The maximum Gasteiger partial charge on any atom is 0.261 e. The molecule has 0 saturated carbocycles. The Labute approximate surface area is 154 Å². The van der Waals surface area contributed by atoms with Crippen molar-refractivity contribution in [1.82, 2.24) is 0 Å². The van der Waals surface area contributed by atoms with Gasteiger partial charge in [0, 0.05) is 5.69 Å². The molecule has 1 N–H and O–H groups in total. The second-order valence-electron chi connectivity index (χ2n) is 5.61. The van der Waals surface area contributed by atoms with Gasteiger partial charge in [-0.05, 0) is 61.0 Å². The molecule has 0 aliphatic rings. The van der Waals surface area contributed by atoms with Gasteiger partial charge in [0.1, 0.15) is 28.7 Å². The van der Waals surface area contributed by atoms with Crippen LogP contribution in [0.5, 0.6) is 11.5 Å². The van der Waals surface area contributed by atoms with Crippen LogP contribution in [0.1, 0.15) is 15.9 Å². The number of hydrogen-bond donors (Lipinski definition) is 1. The van der Waals surface area contributed by atoms with Gasteiger partial charge in [-0.15, -0.1) is 0 Å². The molecule has 3 aromatic carbocycles. The smallest absolute Gasteiger partial charge is 0.261 e. The summed E-state index contributed by atoms with van der Waals surface area (Å²) in [6.07, 6.45) is 0. The van der Waals surface area contributed by atoms with Crippen LogP contribution in [0.4, 0.5) is 14.5 Å². The Morgan fingerprint density at radius 3 is 2.27 bits per heavy atom. The lowest BCUT2D eigenvalue weighted by Gasteiger charge is -2.10. The minimum atomic E-state index is -0.920. The molecule has 26 heavy (non-hydrogen) atoms. The molecule has 0 heterocycles. The van der Waals surface area contributed by atoms with Crippen LogP contribution in [-0.2, 0) is 0 Å². The average molecular weight is 374 g/mol. The number of anilines is 1. The van der Waals surface area contributed by atoms with Crippen LogP contribution >= 0.6 is 11.6 Å². The van der Waals surface area contributed by atoms with Gasteiger partial charge in [0.2, 0.25) is 0 Å². The molecule has 0 aliphatic heterocycles. The van der Waals surface area contributed by atoms with Crippen LogP contribution in [0.15, 0.2) is 60.7 Å². The summed E-state index contributed by atoms with van der Waals surface area (Å²) in [7, 11) is 0. The topological polar surface area (TPSA) is 38.3 Å². The number of nitrogens with one attached hydrogen (secondary N) is 1. The lowest BCUT2D eigenvalue weighted by atomic mass is 10.1. The minimum absolute atomic E-state index is 0.375. The molecule has 0 spiro atoms. The van der Waals surface area contributed by atoms with Gasteiger partial charge in [-0.1, -0.05) is 23.7 Å². The van der Waals surface area contributed by atoms with E-state index in [0.717, 1.165) is 17.7 Å². The summed E-state index contributed by atoms with van der Waals surface area (Å²) < 4.78 is 33.0. The Morgan fingerprint density at radius 1 is 1.00 bits per heavy atom. The lowest BCUT2D eigenvalue weighted by Crippen LogP contribution is -2.15. The monoisotopic (exact) mass is 373 g/mol. The summed E-state index contributed by atoms with van der Waals surface area (Å²) in [4.78, 5) is 12.1. The quantitative estimate of drug-likeness (QED) is 0.611. The Balaban J connectivity index is 1.72. The number of halogens is 3. The zero-order valence-corrected chi connectivity index (χ0v) is 14.5. The van der Waals surface area contributed by atoms with Crippen molar-refractivity contribution >= 4 is 23.2 Å². The Kier molecular flexibility index (Phi) is 5.19. The third-order valence-corrected chi connectivity index (χ3v) is 3.91. The zero-order valence-electron chi connectivity index (χ0n) is 13.7. The van der Waals surface area contributed by atoms with Gasteiger partial charge in [0.15, 0.2) is 0 Å². The molecule has 0 radical (unpaired) electrons. The summed E-state index contributed by atoms with van der Waals surface area (Å²) in [5.74, 6) is -1.70. The molecule has 3 aromatic rings. The number of hydrogen-bond acceptors (Lipinski definition) is 2. The number of benzene rings is 3.